The number of nitrogens with one attached hydrogen (secondary N) is 2. The van der Waals surface area contributed by atoms with Crippen LogP contribution in [0.2, 0.25) is 0 Å². The van der Waals surface area contributed by atoms with Crippen LogP contribution in [-0.2, 0) is 14.3 Å². The van der Waals surface area contributed by atoms with Crippen LogP contribution in [0.1, 0.15) is 59.2 Å². The first-order valence-corrected chi connectivity index (χ1v) is 10.8. The second-order valence-electron chi connectivity index (χ2n) is 7.81. The number of ether oxygens (including phenoxy) is 2. The number of fused-ring (bicyclic) bond motifs is 1. The maximum absolute atomic E-state index is 13.0. The summed E-state index contributed by atoms with van der Waals surface area (Å²) < 4.78 is 10.6. The third kappa shape index (κ3) is 5.50. The monoisotopic (exact) mass is 447 g/mol. The van der Waals surface area contributed by atoms with Gasteiger partial charge in [-0.2, -0.15) is 0 Å². The van der Waals surface area contributed by atoms with E-state index in [1.165, 1.54) is 7.11 Å². The summed E-state index contributed by atoms with van der Waals surface area (Å²) in [7, 11) is 1.53. The highest BCUT2D eigenvalue weighted by Gasteiger charge is 2.45. The molecule has 0 radical (unpaired) electrons. The molecule has 174 valence electrons. The molecule has 32 heavy (non-hydrogen) atoms. The first-order chi connectivity index (χ1) is 15.4. The summed E-state index contributed by atoms with van der Waals surface area (Å²) in [6, 6.07) is 3.83. The molecule has 0 spiro atoms. The van der Waals surface area contributed by atoms with Crippen LogP contribution in [0.25, 0.3) is 0 Å². The van der Waals surface area contributed by atoms with Crippen LogP contribution >= 0.6 is 0 Å². The first-order valence-electron chi connectivity index (χ1n) is 10.8. The largest absolute Gasteiger partial charge is 0.493 e. The Morgan fingerprint density at radius 1 is 1.16 bits per heavy atom. The van der Waals surface area contributed by atoms with Gasteiger partial charge in [-0.3, -0.25) is 34.7 Å². The maximum atomic E-state index is 13.0. The summed E-state index contributed by atoms with van der Waals surface area (Å²) in [5.41, 5.74) is 0.372. The number of carbonyl (C=O) groups excluding carboxylic acids is 4. The predicted molar refractivity (Wildman–Crippen MR) is 113 cm³/mol. The van der Waals surface area contributed by atoms with E-state index in [1.807, 2.05) is 0 Å². The van der Waals surface area contributed by atoms with Gasteiger partial charge in [0.15, 0.2) is 0 Å². The summed E-state index contributed by atoms with van der Waals surface area (Å²) in [6.07, 6.45) is 3.05. The summed E-state index contributed by atoms with van der Waals surface area (Å²) in [6.45, 7) is 1.32. The van der Waals surface area contributed by atoms with Crippen molar-refractivity contribution in [1.29, 1.82) is 0 Å². The lowest BCUT2D eigenvalue weighted by atomic mass is 10.0. The molecule has 1 aromatic carbocycles. The third-order valence-corrected chi connectivity index (χ3v) is 5.46. The molecule has 3 rings (SSSR count). The fourth-order valence-corrected chi connectivity index (χ4v) is 3.85. The zero-order valence-corrected chi connectivity index (χ0v) is 18.1. The highest BCUT2D eigenvalue weighted by Crippen LogP contribution is 2.33. The maximum Gasteiger partial charge on any atom is 0.266 e. The molecule has 4 amide bonds. The van der Waals surface area contributed by atoms with Crippen LogP contribution < -0.4 is 15.4 Å². The van der Waals surface area contributed by atoms with Crippen molar-refractivity contribution in [2.75, 3.05) is 26.9 Å². The van der Waals surface area contributed by atoms with E-state index in [0.29, 0.717) is 18.9 Å². The molecule has 0 bridgehead atoms. The minimum absolute atomic E-state index is 0.0774. The Labute approximate surface area is 186 Å². The highest BCUT2D eigenvalue weighted by molar-refractivity contribution is 6.24. The number of piperidine rings is 1. The van der Waals surface area contributed by atoms with Crippen molar-refractivity contribution in [2.45, 2.75) is 50.8 Å². The standard InChI is InChI=1S/C22H29N3O7/c1-31-13-18(27)23-11-4-2-3-5-12-32-16-8-6-7-14-19(16)22(30)25(21(14)29)15-9-10-17(26)24-20(15)28/h6-8,15,18,23,27H,2-5,9-13H2,1H3,(H,24,26,28). The van der Waals surface area contributed by atoms with E-state index in [0.717, 1.165) is 30.6 Å². The SMILES string of the molecule is COCC(O)NCCCCCCOc1cccc2c1C(=O)N(C1CCC(=O)NC1=O)C2=O. The van der Waals surface area contributed by atoms with Crippen LogP contribution in [-0.4, -0.2) is 72.8 Å². The molecule has 1 fully saturated rings. The van der Waals surface area contributed by atoms with Gasteiger partial charge < -0.3 is 14.6 Å². The van der Waals surface area contributed by atoms with Crippen LogP contribution in [0, 0.1) is 0 Å². The summed E-state index contributed by atoms with van der Waals surface area (Å²) in [5.74, 6) is -1.85. The number of nitrogens with zero attached hydrogens (tertiary/aromatic N) is 1. The number of hydrogen-bond donors (Lipinski definition) is 3. The van der Waals surface area contributed by atoms with Gasteiger partial charge in [0.05, 0.1) is 24.3 Å². The van der Waals surface area contributed by atoms with Crippen LogP contribution in [0.3, 0.4) is 0 Å². The number of benzene rings is 1. The van der Waals surface area contributed by atoms with E-state index in [4.69, 9.17) is 9.47 Å². The number of rotatable bonds is 12. The lowest BCUT2D eigenvalue weighted by molar-refractivity contribution is -0.136. The normalized spacial score (nSPS) is 19.2. The second kappa shape index (κ2) is 11.2. The molecule has 3 N–H and O–H groups in total. The predicted octanol–water partition coefficient (Wildman–Crippen LogP) is 0.581. The van der Waals surface area contributed by atoms with Crippen molar-refractivity contribution in [3.8, 4) is 5.75 Å². The van der Waals surface area contributed by atoms with E-state index in [2.05, 4.69) is 10.6 Å². The Balaban J connectivity index is 1.50. The Morgan fingerprint density at radius 3 is 2.69 bits per heavy atom. The molecule has 10 nitrogen and oxygen atoms in total. The third-order valence-electron chi connectivity index (χ3n) is 5.46. The fourth-order valence-electron chi connectivity index (χ4n) is 3.85. The van der Waals surface area contributed by atoms with E-state index < -0.39 is 35.9 Å². The molecule has 2 unspecified atom stereocenters. The van der Waals surface area contributed by atoms with Crippen molar-refractivity contribution in [2.24, 2.45) is 0 Å². The number of aliphatic hydroxyl groups is 1. The van der Waals surface area contributed by atoms with Gasteiger partial charge in [-0.15, -0.1) is 0 Å². The van der Waals surface area contributed by atoms with Gasteiger partial charge in [0.2, 0.25) is 11.8 Å². The topological polar surface area (TPSA) is 134 Å². The quantitative estimate of drug-likeness (QED) is 0.241. The summed E-state index contributed by atoms with van der Waals surface area (Å²) in [4.78, 5) is 50.3. The summed E-state index contributed by atoms with van der Waals surface area (Å²) in [5, 5.41) is 14.6. The van der Waals surface area contributed by atoms with Crippen molar-refractivity contribution in [3.63, 3.8) is 0 Å². The second-order valence-corrected chi connectivity index (χ2v) is 7.81. The summed E-state index contributed by atoms with van der Waals surface area (Å²) >= 11 is 0. The molecular weight excluding hydrogens is 418 g/mol. The molecule has 0 aliphatic carbocycles. The van der Waals surface area contributed by atoms with Crippen LogP contribution in [0.4, 0.5) is 0 Å². The molecule has 2 atom stereocenters. The van der Waals surface area contributed by atoms with Crippen molar-refractivity contribution in [3.05, 3.63) is 29.3 Å². The molecule has 0 aromatic heterocycles. The molecule has 2 aliphatic rings. The molecule has 1 saturated heterocycles. The van der Waals surface area contributed by atoms with Gasteiger partial charge >= 0.3 is 0 Å². The average molecular weight is 447 g/mol. The van der Waals surface area contributed by atoms with Gasteiger partial charge in [-0.25, -0.2) is 0 Å². The smallest absolute Gasteiger partial charge is 0.266 e. The fraction of sp³-hybridized carbons (Fsp3) is 0.545. The minimum atomic E-state index is -0.996. The minimum Gasteiger partial charge on any atom is -0.493 e. The highest BCUT2D eigenvalue weighted by atomic mass is 16.5. The number of aliphatic hydroxyl groups excluding tert-OH is 1. The number of unbranched alkanes of at least 4 members (excludes halogenated alkanes) is 3. The molecule has 2 aliphatic heterocycles. The zero-order chi connectivity index (χ0) is 23.1. The van der Waals surface area contributed by atoms with Gasteiger partial charge in [0, 0.05) is 13.5 Å². The van der Waals surface area contributed by atoms with Gasteiger partial charge in [0.1, 0.15) is 18.0 Å². The molecule has 1 aromatic rings. The van der Waals surface area contributed by atoms with E-state index in [9.17, 15) is 24.3 Å². The zero-order valence-electron chi connectivity index (χ0n) is 18.1. The number of carbonyl (C=O) groups is 4. The lowest BCUT2D eigenvalue weighted by Crippen LogP contribution is -2.54. The van der Waals surface area contributed by atoms with E-state index in [1.54, 1.807) is 18.2 Å². The van der Waals surface area contributed by atoms with Gasteiger partial charge in [-0.05, 0) is 37.9 Å². The molecule has 10 heteroatoms. The first kappa shape index (κ1) is 23.8. The molecule has 2 heterocycles. The molecular formula is C22H29N3O7. The van der Waals surface area contributed by atoms with E-state index >= 15 is 0 Å². The van der Waals surface area contributed by atoms with Crippen molar-refractivity contribution in [1.82, 2.24) is 15.5 Å². The van der Waals surface area contributed by atoms with Gasteiger partial charge in [-0.1, -0.05) is 18.9 Å². The van der Waals surface area contributed by atoms with Crippen molar-refractivity contribution < 1.29 is 33.8 Å². The van der Waals surface area contributed by atoms with Gasteiger partial charge in [0.25, 0.3) is 11.8 Å². The number of methoxy groups -OCH3 is 1. The lowest BCUT2D eigenvalue weighted by Gasteiger charge is -2.27. The Bertz CT molecular complexity index is 873. The Hall–Kier alpha value is -2.82. The van der Waals surface area contributed by atoms with Crippen LogP contribution in [0.15, 0.2) is 18.2 Å². The van der Waals surface area contributed by atoms with E-state index in [-0.39, 0.29) is 30.6 Å². The average Bonchev–Trinajstić information content (AvgIpc) is 3.01. The number of amides is 4. The van der Waals surface area contributed by atoms with Crippen LogP contribution in [0.5, 0.6) is 5.75 Å². The number of imide groups is 2. The molecule has 0 saturated carbocycles. The number of hydrogen-bond acceptors (Lipinski definition) is 8. The van der Waals surface area contributed by atoms with Crippen molar-refractivity contribution >= 4 is 23.6 Å². The Kier molecular flexibility index (Phi) is 8.32. The Morgan fingerprint density at radius 2 is 1.94 bits per heavy atom.